The van der Waals surface area contributed by atoms with Crippen LogP contribution < -0.4 is 9.96 Å². The number of hydroxylamine groups is 1. The summed E-state index contributed by atoms with van der Waals surface area (Å²) < 4.78 is -0.430. The van der Waals surface area contributed by atoms with E-state index in [0.29, 0.717) is 11.6 Å². The van der Waals surface area contributed by atoms with E-state index in [0.717, 1.165) is 34.1 Å². The van der Waals surface area contributed by atoms with E-state index in [4.69, 9.17) is 11.6 Å². The summed E-state index contributed by atoms with van der Waals surface area (Å²) in [4.78, 5) is 2.03. The van der Waals surface area contributed by atoms with Gasteiger partial charge in [0.25, 0.3) is 0 Å². The van der Waals surface area contributed by atoms with Crippen molar-refractivity contribution in [3.8, 4) is 0 Å². The van der Waals surface area contributed by atoms with E-state index in [9.17, 15) is 5.21 Å². The Kier molecular flexibility index (Phi) is 4.24. The zero-order valence-electron chi connectivity index (χ0n) is 11.8. The molecule has 0 bridgehead atoms. The number of quaternary nitrogens is 1. The first-order valence-corrected chi connectivity index (χ1v) is 8.16. The molecule has 21 heavy (non-hydrogen) atoms. The van der Waals surface area contributed by atoms with Crippen LogP contribution in [0.2, 0.25) is 5.02 Å². The van der Waals surface area contributed by atoms with Crippen molar-refractivity contribution in [3.05, 3.63) is 52.7 Å². The second-order valence-corrected chi connectivity index (χ2v) is 6.62. The van der Waals surface area contributed by atoms with E-state index in [-0.39, 0.29) is 0 Å². The molecule has 0 fully saturated rings. The molecule has 3 nitrogen and oxygen atoms in total. The number of nitrogens with zero attached hydrogens (tertiary/aromatic N) is 1. The van der Waals surface area contributed by atoms with Crippen LogP contribution in [0.4, 0.5) is 11.4 Å². The van der Waals surface area contributed by atoms with Gasteiger partial charge in [0, 0.05) is 30.1 Å². The van der Waals surface area contributed by atoms with Gasteiger partial charge in [-0.2, -0.15) is 0 Å². The minimum Gasteiger partial charge on any atom is -0.622 e. The monoisotopic (exact) mass is 320 g/mol. The second kappa shape index (κ2) is 5.99. The van der Waals surface area contributed by atoms with Gasteiger partial charge in [-0.15, -0.1) is 0 Å². The van der Waals surface area contributed by atoms with Gasteiger partial charge in [0.1, 0.15) is 0 Å². The molecular formula is C16H17ClN2OS. The van der Waals surface area contributed by atoms with Gasteiger partial charge in [0.2, 0.25) is 0 Å². The van der Waals surface area contributed by atoms with Gasteiger partial charge < -0.3 is 10.5 Å². The molecule has 1 aliphatic rings. The molecule has 110 valence electrons. The second-order valence-electron chi connectivity index (χ2n) is 5.10. The fraction of sp³-hybridized carbons (Fsp3) is 0.250. The van der Waals surface area contributed by atoms with Crippen molar-refractivity contribution < 1.29 is 0 Å². The average molecular weight is 321 g/mol. The highest BCUT2D eigenvalue weighted by Crippen LogP contribution is 2.52. The van der Waals surface area contributed by atoms with Crippen LogP contribution in [-0.4, -0.2) is 20.1 Å². The van der Waals surface area contributed by atoms with E-state index in [1.54, 1.807) is 11.8 Å². The van der Waals surface area contributed by atoms with Crippen LogP contribution >= 0.6 is 23.4 Å². The smallest absolute Gasteiger partial charge is 0.153 e. The van der Waals surface area contributed by atoms with Crippen molar-refractivity contribution in [2.45, 2.75) is 16.2 Å². The third-order valence-electron chi connectivity index (χ3n) is 3.68. The maximum Gasteiger partial charge on any atom is 0.153 e. The lowest BCUT2D eigenvalue weighted by atomic mass is 10.2. The first kappa shape index (κ1) is 14.9. The van der Waals surface area contributed by atoms with Gasteiger partial charge >= 0.3 is 0 Å². The number of fused-ring (bicyclic) bond motifs is 2. The average Bonchev–Trinajstić information content (AvgIpc) is 2.49. The van der Waals surface area contributed by atoms with Gasteiger partial charge in [-0.25, -0.2) is 0 Å². The summed E-state index contributed by atoms with van der Waals surface area (Å²) in [5, 5.41) is 17.3. The predicted octanol–water partition coefficient (Wildman–Crippen LogP) is 4.55. The van der Waals surface area contributed by atoms with Crippen LogP contribution in [0.25, 0.3) is 0 Å². The maximum atomic E-state index is 13.6. The molecule has 1 atom stereocenters. The van der Waals surface area contributed by atoms with Crippen LogP contribution in [0.1, 0.15) is 6.42 Å². The number of rotatable bonds is 4. The SMILES string of the molecule is CNCCC[N+]1([O-])c2ccccc2Sc2ccc(Cl)cc21. The van der Waals surface area contributed by atoms with Gasteiger partial charge in [-0.3, -0.25) is 4.65 Å². The Morgan fingerprint density at radius 3 is 2.71 bits per heavy atom. The molecule has 3 rings (SSSR count). The Labute approximate surface area is 134 Å². The standard InChI is InChI=1S/C16H17ClN2OS/c1-18-9-4-10-19(20)13-5-2-3-6-15(13)21-16-8-7-12(17)11-14(16)19/h2-3,5-8,11,18H,4,9-10H2,1H3. The lowest BCUT2D eigenvalue weighted by Gasteiger charge is -2.45. The summed E-state index contributed by atoms with van der Waals surface area (Å²) in [6.45, 7) is 1.33. The molecule has 0 saturated heterocycles. The van der Waals surface area contributed by atoms with Crippen LogP contribution in [0, 0.1) is 5.21 Å². The highest BCUT2D eigenvalue weighted by molar-refractivity contribution is 7.99. The molecule has 5 heteroatoms. The van der Waals surface area contributed by atoms with E-state index < -0.39 is 4.65 Å². The topological polar surface area (TPSA) is 35.1 Å². The first-order chi connectivity index (χ1) is 10.1. The number of hydrogen-bond donors (Lipinski definition) is 1. The molecule has 1 unspecified atom stereocenters. The van der Waals surface area contributed by atoms with Crippen molar-refractivity contribution in [1.82, 2.24) is 9.96 Å². The van der Waals surface area contributed by atoms with Crippen LogP contribution in [0.3, 0.4) is 0 Å². The highest BCUT2D eigenvalue weighted by Gasteiger charge is 2.34. The third kappa shape index (κ3) is 2.70. The molecule has 0 radical (unpaired) electrons. The predicted molar refractivity (Wildman–Crippen MR) is 90.2 cm³/mol. The summed E-state index contributed by atoms with van der Waals surface area (Å²) in [5.74, 6) is 0. The summed E-state index contributed by atoms with van der Waals surface area (Å²) in [7, 11) is 1.90. The summed E-state index contributed by atoms with van der Waals surface area (Å²) >= 11 is 7.76. The lowest BCUT2D eigenvalue weighted by molar-refractivity contribution is 0.468. The van der Waals surface area contributed by atoms with Crippen molar-refractivity contribution in [1.29, 1.82) is 0 Å². The maximum absolute atomic E-state index is 13.6. The first-order valence-electron chi connectivity index (χ1n) is 6.96. The molecule has 0 amide bonds. The zero-order valence-corrected chi connectivity index (χ0v) is 13.4. The summed E-state index contributed by atoms with van der Waals surface area (Å²) in [6.07, 6.45) is 0.810. The van der Waals surface area contributed by atoms with E-state index >= 15 is 0 Å². The number of para-hydroxylation sites is 1. The fourth-order valence-corrected chi connectivity index (χ4v) is 3.99. The van der Waals surface area contributed by atoms with Crippen molar-refractivity contribution >= 4 is 34.7 Å². The molecule has 0 saturated carbocycles. The Bertz CT molecular complexity index is 664. The Morgan fingerprint density at radius 1 is 1.14 bits per heavy atom. The Morgan fingerprint density at radius 2 is 1.90 bits per heavy atom. The number of halogens is 1. The van der Waals surface area contributed by atoms with Gasteiger partial charge in [0.05, 0.1) is 16.3 Å². The Hall–Kier alpha value is -1.04. The van der Waals surface area contributed by atoms with Crippen molar-refractivity contribution in [3.63, 3.8) is 0 Å². The normalized spacial score (nSPS) is 20.0. The van der Waals surface area contributed by atoms with Gasteiger partial charge in [-0.05, 0) is 25.2 Å². The molecule has 0 aromatic heterocycles. The third-order valence-corrected chi connectivity index (χ3v) is 5.05. The Balaban J connectivity index is 2.10. The summed E-state index contributed by atoms with van der Waals surface area (Å²) in [5.41, 5.74) is 1.57. The van der Waals surface area contributed by atoms with E-state index in [2.05, 4.69) is 5.32 Å². The molecule has 2 aromatic rings. The molecule has 1 N–H and O–H groups in total. The highest BCUT2D eigenvalue weighted by atomic mass is 35.5. The largest absolute Gasteiger partial charge is 0.622 e. The van der Waals surface area contributed by atoms with Crippen LogP contribution in [0.5, 0.6) is 0 Å². The van der Waals surface area contributed by atoms with Crippen molar-refractivity contribution in [2.75, 3.05) is 20.1 Å². The van der Waals surface area contributed by atoms with E-state index in [1.165, 1.54) is 0 Å². The molecule has 1 aliphatic heterocycles. The number of nitrogens with one attached hydrogen (secondary N) is 1. The number of hydrogen-bond acceptors (Lipinski definition) is 3. The molecule has 0 spiro atoms. The molecular weight excluding hydrogens is 304 g/mol. The fourth-order valence-electron chi connectivity index (χ4n) is 2.67. The number of benzene rings is 2. The zero-order chi connectivity index (χ0) is 14.9. The molecule has 1 heterocycles. The lowest BCUT2D eigenvalue weighted by Crippen LogP contribution is -2.41. The van der Waals surface area contributed by atoms with Crippen LogP contribution in [-0.2, 0) is 0 Å². The van der Waals surface area contributed by atoms with Gasteiger partial charge in [-0.1, -0.05) is 35.5 Å². The van der Waals surface area contributed by atoms with E-state index in [1.807, 2.05) is 49.5 Å². The quantitative estimate of drug-likeness (QED) is 0.510. The summed E-state index contributed by atoms with van der Waals surface area (Å²) in [6, 6.07) is 13.5. The van der Waals surface area contributed by atoms with Crippen LogP contribution in [0.15, 0.2) is 52.3 Å². The molecule has 0 aliphatic carbocycles. The molecule has 2 aromatic carbocycles. The van der Waals surface area contributed by atoms with Gasteiger partial charge in [0.15, 0.2) is 11.4 Å². The minimum atomic E-state index is -0.430. The minimum absolute atomic E-state index is 0.430. The van der Waals surface area contributed by atoms with Crippen molar-refractivity contribution in [2.24, 2.45) is 0 Å².